The molecule has 98 valence electrons. The molecule has 3 nitrogen and oxygen atoms in total. The van der Waals surface area contributed by atoms with Gasteiger partial charge in [-0.25, -0.2) is 0 Å². The van der Waals surface area contributed by atoms with Crippen LogP contribution >= 0.6 is 0 Å². The highest BCUT2D eigenvalue weighted by Crippen LogP contribution is 2.36. The summed E-state index contributed by atoms with van der Waals surface area (Å²) < 4.78 is 0. The Morgan fingerprint density at radius 3 is 2.59 bits per heavy atom. The number of nitrogens with one attached hydrogen (secondary N) is 1. The molecule has 4 atom stereocenters. The summed E-state index contributed by atoms with van der Waals surface area (Å²) in [4.78, 5) is 14.8. The minimum absolute atomic E-state index is 0.248. The number of hydrogen-bond donors (Lipinski definition) is 1. The van der Waals surface area contributed by atoms with Gasteiger partial charge in [-0.05, 0) is 38.5 Å². The smallest absolute Gasteiger partial charge is 0.244 e. The molecule has 2 fully saturated rings. The minimum atomic E-state index is -0.330. The summed E-state index contributed by atoms with van der Waals surface area (Å²) in [5.74, 6) is 0.986. The van der Waals surface area contributed by atoms with Gasteiger partial charge in [0.1, 0.15) is 0 Å². The van der Waals surface area contributed by atoms with Gasteiger partial charge in [-0.15, -0.1) is 0 Å². The maximum atomic E-state index is 12.6. The van der Waals surface area contributed by atoms with Crippen molar-refractivity contribution in [2.24, 2.45) is 5.92 Å². The third-order valence-electron chi connectivity index (χ3n) is 4.79. The Kier molecular flexibility index (Phi) is 3.48. The van der Waals surface area contributed by atoms with Crippen LogP contribution in [-0.2, 0) is 4.79 Å². The van der Waals surface area contributed by atoms with E-state index in [1.807, 2.05) is 0 Å². The fourth-order valence-electron chi connectivity index (χ4n) is 3.40. The lowest BCUT2D eigenvalue weighted by Gasteiger charge is -2.32. The predicted octanol–water partition coefficient (Wildman–Crippen LogP) is 2.51. The number of carbonyl (C=O) groups excluding carboxylic acids is 1. The standard InChI is InChI=1S/C14H26N2O/c1-5-12-15-14(4,6-2)13(17)16(12)11-9-7-8-10(11)3/h10-12,15H,5-9H2,1-4H3. The summed E-state index contributed by atoms with van der Waals surface area (Å²) in [5.41, 5.74) is -0.330. The highest BCUT2D eigenvalue weighted by Gasteiger charge is 2.49. The van der Waals surface area contributed by atoms with E-state index in [0.717, 1.165) is 12.8 Å². The lowest BCUT2D eigenvalue weighted by atomic mass is 9.97. The average Bonchev–Trinajstić information content (AvgIpc) is 2.83. The first-order valence-corrected chi connectivity index (χ1v) is 7.14. The van der Waals surface area contributed by atoms with Crippen molar-refractivity contribution in [1.82, 2.24) is 10.2 Å². The zero-order chi connectivity index (χ0) is 12.6. The van der Waals surface area contributed by atoms with Gasteiger partial charge in [0.2, 0.25) is 5.91 Å². The summed E-state index contributed by atoms with van der Waals surface area (Å²) in [6.07, 6.45) is 5.86. The summed E-state index contributed by atoms with van der Waals surface area (Å²) >= 11 is 0. The molecule has 3 heteroatoms. The molecule has 1 heterocycles. The van der Waals surface area contributed by atoms with Gasteiger partial charge < -0.3 is 4.90 Å². The zero-order valence-electron chi connectivity index (χ0n) is 11.6. The molecule has 0 aromatic rings. The second-order valence-corrected chi connectivity index (χ2v) is 5.94. The number of rotatable bonds is 3. The fourth-order valence-corrected chi connectivity index (χ4v) is 3.40. The van der Waals surface area contributed by atoms with Crippen LogP contribution in [0, 0.1) is 5.92 Å². The number of hydrogen-bond acceptors (Lipinski definition) is 2. The molecule has 1 saturated carbocycles. The van der Waals surface area contributed by atoms with E-state index in [1.54, 1.807) is 0 Å². The molecule has 2 aliphatic rings. The molecule has 0 bridgehead atoms. The van der Waals surface area contributed by atoms with E-state index in [-0.39, 0.29) is 11.7 Å². The van der Waals surface area contributed by atoms with Crippen molar-refractivity contribution in [2.45, 2.75) is 77.5 Å². The topological polar surface area (TPSA) is 32.3 Å². The first-order valence-electron chi connectivity index (χ1n) is 7.14. The lowest BCUT2D eigenvalue weighted by Crippen LogP contribution is -2.46. The van der Waals surface area contributed by atoms with Gasteiger partial charge in [-0.3, -0.25) is 10.1 Å². The minimum Gasteiger partial charge on any atom is -0.322 e. The van der Waals surface area contributed by atoms with Crippen molar-refractivity contribution in [3.8, 4) is 0 Å². The number of nitrogens with zero attached hydrogens (tertiary/aromatic N) is 1. The van der Waals surface area contributed by atoms with E-state index >= 15 is 0 Å². The van der Waals surface area contributed by atoms with Crippen LogP contribution in [0.25, 0.3) is 0 Å². The van der Waals surface area contributed by atoms with Gasteiger partial charge in [0.25, 0.3) is 0 Å². The molecule has 4 unspecified atom stereocenters. The van der Waals surface area contributed by atoms with Crippen molar-refractivity contribution in [3.05, 3.63) is 0 Å². The molecule has 17 heavy (non-hydrogen) atoms. The average molecular weight is 238 g/mol. The molecule has 0 aromatic carbocycles. The first-order chi connectivity index (χ1) is 8.03. The Labute approximate surface area is 105 Å². The van der Waals surface area contributed by atoms with Gasteiger partial charge in [0.05, 0.1) is 11.7 Å². The fraction of sp³-hybridized carbons (Fsp3) is 0.929. The third kappa shape index (κ3) is 1.99. The Bertz CT molecular complexity index is 305. The molecular formula is C14H26N2O. The van der Waals surface area contributed by atoms with E-state index in [0.29, 0.717) is 17.9 Å². The van der Waals surface area contributed by atoms with Crippen molar-refractivity contribution < 1.29 is 4.79 Å². The molecule has 0 radical (unpaired) electrons. The van der Waals surface area contributed by atoms with Gasteiger partial charge in [0, 0.05) is 6.04 Å². The first kappa shape index (κ1) is 12.9. The lowest BCUT2D eigenvalue weighted by molar-refractivity contribution is -0.135. The maximum absolute atomic E-state index is 12.6. The summed E-state index contributed by atoms with van der Waals surface area (Å²) in [5, 5.41) is 3.54. The highest BCUT2D eigenvalue weighted by molar-refractivity contribution is 5.88. The van der Waals surface area contributed by atoms with Crippen LogP contribution in [0.2, 0.25) is 0 Å². The summed E-state index contributed by atoms with van der Waals surface area (Å²) in [6, 6.07) is 0.466. The molecule has 1 saturated heterocycles. The summed E-state index contributed by atoms with van der Waals surface area (Å²) in [6.45, 7) is 8.61. The molecule has 1 amide bonds. The quantitative estimate of drug-likeness (QED) is 0.819. The second kappa shape index (κ2) is 4.60. The highest BCUT2D eigenvalue weighted by atomic mass is 16.2. The van der Waals surface area contributed by atoms with Crippen molar-refractivity contribution in [3.63, 3.8) is 0 Å². The Balaban J connectivity index is 2.22. The predicted molar refractivity (Wildman–Crippen MR) is 69.6 cm³/mol. The Morgan fingerprint density at radius 1 is 1.41 bits per heavy atom. The van der Waals surface area contributed by atoms with E-state index < -0.39 is 0 Å². The summed E-state index contributed by atoms with van der Waals surface area (Å²) in [7, 11) is 0. The monoisotopic (exact) mass is 238 g/mol. The van der Waals surface area contributed by atoms with Crippen LogP contribution in [0.3, 0.4) is 0 Å². The van der Waals surface area contributed by atoms with Crippen molar-refractivity contribution in [1.29, 1.82) is 0 Å². The van der Waals surface area contributed by atoms with Crippen LogP contribution in [-0.4, -0.2) is 28.6 Å². The number of carbonyl (C=O) groups is 1. The number of amides is 1. The van der Waals surface area contributed by atoms with Crippen LogP contribution in [0.5, 0.6) is 0 Å². The van der Waals surface area contributed by atoms with Gasteiger partial charge in [-0.2, -0.15) is 0 Å². The second-order valence-electron chi connectivity index (χ2n) is 5.94. The molecule has 1 N–H and O–H groups in total. The molecule has 1 aliphatic carbocycles. The molecule has 0 aromatic heterocycles. The van der Waals surface area contributed by atoms with Crippen molar-refractivity contribution >= 4 is 5.91 Å². The normalized spacial score (nSPS) is 42.5. The third-order valence-corrected chi connectivity index (χ3v) is 4.79. The van der Waals surface area contributed by atoms with Gasteiger partial charge >= 0.3 is 0 Å². The maximum Gasteiger partial charge on any atom is 0.244 e. The van der Waals surface area contributed by atoms with E-state index in [4.69, 9.17) is 0 Å². The zero-order valence-corrected chi connectivity index (χ0v) is 11.6. The van der Waals surface area contributed by atoms with Gasteiger partial charge in [-0.1, -0.05) is 27.2 Å². The van der Waals surface area contributed by atoms with E-state index in [2.05, 4.69) is 37.9 Å². The van der Waals surface area contributed by atoms with Crippen LogP contribution in [0.1, 0.15) is 59.8 Å². The molecule has 2 rings (SSSR count). The van der Waals surface area contributed by atoms with Crippen LogP contribution in [0.4, 0.5) is 0 Å². The van der Waals surface area contributed by atoms with Gasteiger partial charge in [0.15, 0.2) is 0 Å². The van der Waals surface area contributed by atoms with Crippen LogP contribution < -0.4 is 5.32 Å². The van der Waals surface area contributed by atoms with Crippen molar-refractivity contribution in [2.75, 3.05) is 0 Å². The Hall–Kier alpha value is -0.570. The van der Waals surface area contributed by atoms with E-state index in [1.165, 1.54) is 19.3 Å². The SMILES string of the molecule is CCC1NC(C)(CC)C(=O)N1C1CCCC1C. The van der Waals surface area contributed by atoms with E-state index in [9.17, 15) is 4.79 Å². The molecule has 0 spiro atoms. The van der Waals surface area contributed by atoms with Crippen LogP contribution in [0.15, 0.2) is 0 Å². The molecular weight excluding hydrogens is 212 g/mol. The Morgan fingerprint density at radius 2 is 2.12 bits per heavy atom. The largest absolute Gasteiger partial charge is 0.322 e. The molecule has 1 aliphatic heterocycles.